The van der Waals surface area contributed by atoms with Crippen LogP contribution in [0.2, 0.25) is 0 Å². The van der Waals surface area contributed by atoms with Gasteiger partial charge in [0.15, 0.2) is 0 Å². The summed E-state index contributed by atoms with van der Waals surface area (Å²) in [5, 5.41) is 8.83. The van der Waals surface area contributed by atoms with E-state index in [4.69, 9.17) is 4.74 Å². The van der Waals surface area contributed by atoms with Crippen molar-refractivity contribution in [1.82, 2.24) is 9.80 Å². The molecule has 0 aliphatic carbocycles. The molecule has 0 aromatic heterocycles. The van der Waals surface area contributed by atoms with Crippen LogP contribution in [0, 0.1) is 14.9 Å². The lowest BCUT2D eigenvalue weighted by Gasteiger charge is -2.36. The zero-order valence-corrected chi connectivity index (χ0v) is 24.4. The lowest BCUT2D eigenvalue weighted by Crippen LogP contribution is -2.51. The fourth-order valence-electron chi connectivity index (χ4n) is 4.51. The molecule has 0 saturated carbocycles. The van der Waals surface area contributed by atoms with Gasteiger partial charge in [-0.3, -0.25) is 19.3 Å². The number of carbonyl (C=O) groups is 3. The quantitative estimate of drug-likeness (QED) is 0.256. The third kappa shape index (κ3) is 6.32. The fraction of sp³-hybridized carbons (Fsp3) is 0.200. The molecule has 3 amide bonds. The molecule has 2 aliphatic heterocycles. The number of benzene rings is 3. The van der Waals surface area contributed by atoms with E-state index in [9.17, 15) is 19.6 Å². The molecule has 3 aromatic carbocycles. The standard InChI is InChI=1S/C30H25IN4O4S/c31-25-16-21(10-11-26(25)39-20-23-7-5-4-6-22(23)18-32)17-27-29(37)35(30(38)40-27)19-28(36)34-14-12-33(13-15-34)24-8-2-1-3-9-24/h1-11,16-17H,12-15,19-20H2/b27-17+. The van der Waals surface area contributed by atoms with Crippen LogP contribution in [-0.2, 0) is 16.2 Å². The number of amides is 3. The van der Waals surface area contributed by atoms with E-state index >= 15 is 0 Å². The van der Waals surface area contributed by atoms with Crippen LogP contribution in [0.5, 0.6) is 5.75 Å². The number of rotatable bonds is 7. The lowest BCUT2D eigenvalue weighted by atomic mass is 10.1. The molecule has 2 saturated heterocycles. The topological polar surface area (TPSA) is 93.9 Å². The molecule has 3 aromatic rings. The Morgan fingerprint density at radius 3 is 2.45 bits per heavy atom. The highest BCUT2D eigenvalue weighted by molar-refractivity contribution is 14.1. The van der Waals surface area contributed by atoms with Gasteiger partial charge in [0.25, 0.3) is 11.1 Å². The van der Waals surface area contributed by atoms with Crippen molar-refractivity contribution in [1.29, 1.82) is 5.26 Å². The second kappa shape index (κ2) is 12.6. The van der Waals surface area contributed by atoms with Crippen molar-refractivity contribution in [3.63, 3.8) is 0 Å². The summed E-state index contributed by atoms with van der Waals surface area (Å²) in [4.78, 5) is 43.8. The van der Waals surface area contributed by atoms with Crippen LogP contribution < -0.4 is 9.64 Å². The average molecular weight is 665 g/mol. The molecule has 0 bridgehead atoms. The van der Waals surface area contributed by atoms with Crippen LogP contribution in [0.15, 0.2) is 77.7 Å². The number of carbonyl (C=O) groups excluding carboxylic acids is 3. The van der Waals surface area contributed by atoms with Gasteiger partial charge in [-0.25, -0.2) is 0 Å². The average Bonchev–Trinajstić information content (AvgIpc) is 3.24. The Hall–Kier alpha value is -3.82. The van der Waals surface area contributed by atoms with Crippen molar-refractivity contribution < 1.29 is 19.1 Å². The zero-order chi connectivity index (χ0) is 28.1. The lowest BCUT2D eigenvalue weighted by molar-refractivity contribution is -0.136. The van der Waals surface area contributed by atoms with Gasteiger partial charge in [-0.2, -0.15) is 5.26 Å². The van der Waals surface area contributed by atoms with Gasteiger partial charge in [-0.15, -0.1) is 0 Å². The summed E-state index contributed by atoms with van der Waals surface area (Å²) in [6.07, 6.45) is 1.66. The number of thioether (sulfide) groups is 1. The second-order valence-corrected chi connectivity index (χ2v) is 11.4. The molecular weight excluding hydrogens is 639 g/mol. The third-order valence-electron chi connectivity index (χ3n) is 6.70. The Bertz CT molecular complexity index is 1510. The monoisotopic (exact) mass is 664 g/mol. The minimum atomic E-state index is -0.463. The first-order valence-corrected chi connectivity index (χ1v) is 14.6. The van der Waals surface area contributed by atoms with Crippen LogP contribution in [0.1, 0.15) is 16.7 Å². The summed E-state index contributed by atoms with van der Waals surface area (Å²) in [6, 6.07) is 24.9. The van der Waals surface area contributed by atoms with Gasteiger partial charge < -0.3 is 14.5 Å². The predicted octanol–water partition coefficient (Wildman–Crippen LogP) is 5.13. The molecule has 2 fully saturated rings. The van der Waals surface area contributed by atoms with Gasteiger partial charge in [0.1, 0.15) is 18.9 Å². The van der Waals surface area contributed by atoms with Crippen LogP contribution in [0.4, 0.5) is 10.5 Å². The first-order chi connectivity index (χ1) is 19.4. The highest BCUT2D eigenvalue weighted by Gasteiger charge is 2.37. The van der Waals surface area contributed by atoms with Gasteiger partial charge in [-0.1, -0.05) is 42.5 Å². The van der Waals surface area contributed by atoms with E-state index in [1.165, 1.54) is 0 Å². The molecule has 0 N–H and O–H groups in total. The van der Waals surface area contributed by atoms with E-state index < -0.39 is 11.1 Å². The van der Waals surface area contributed by atoms with E-state index in [1.54, 1.807) is 29.2 Å². The Morgan fingerprint density at radius 1 is 1.00 bits per heavy atom. The molecule has 0 unspecified atom stereocenters. The summed E-state index contributed by atoms with van der Waals surface area (Å²) in [5.41, 5.74) is 3.22. The number of piperazine rings is 1. The van der Waals surface area contributed by atoms with Gasteiger partial charge in [-0.05, 0) is 76.3 Å². The number of halogens is 1. The smallest absolute Gasteiger partial charge is 0.294 e. The van der Waals surface area contributed by atoms with E-state index in [1.807, 2.05) is 54.6 Å². The molecular formula is C30H25IN4O4S. The summed E-state index contributed by atoms with van der Waals surface area (Å²) < 4.78 is 6.74. The Kier molecular flexibility index (Phi) is 8.72. The van der Waals surface area contributed by atoms with Gasteiger partial charge in [0.05, 0.1) is 20.1 Å². The molecule has 2 heterocycles. The van der Waals surface area contributed by atoms with Gasteiger partial charge >= 0.3 is 0 Å². The largest absolute Gasteiger partial charge is 0.488 e. The highest BCUT2D eigenvalue weighted by Crippen LogP contribution is 2.33. The van der Waals surface area contributed by atoms with Crippen LogP contribution in [0.25, 0.3) is 6.08 Å². The maximum Gasteiger partial charge on any atom is 0.294 e. The number of nitriles is 1. The van der Waals surface area contributed by atoms with Crippen molar-refractivity contribution in [2.24, 2.45) is 0 Å². The minimum Gasteiger partial charge on any atom is -0.488 e. The molecule has 0 radical (unpaired) electrons. The normalized spacial score (nSPS) is 16.4. The predicted molar refractivity (Wildman–Crippen MR) is 163 cm³/mol. The molecule has 40 heavy (non-hydrogen) atoms. The Labute approximate surface area is 250 Å². The zero-order valence-electron chi connectivity index (χ0n) is 21.5. The highest BCUT2D eigenvalue weighted by atomic mass is 127. The molecule has 2 aliphatic rings. The van der Waals surface area contributed by atoms with Crippen molar-refractivity contribution in [2.45, 2.75) is 6.61 Å². The Morgan fingerprint density at radius 2 is 1.73 bits per heavy atom. The Balaban J connectivity index is 1.18. The van der Waals surface area contributed by atoms with Crippen molar-refractivity contribution in [3.8, 4) is 11.8 Å². The van der Waals surface area contributed by atoms with E-state index in [0.29, 0.717) is 37.5 Å². The van der Waals surface area contributed by atoms with E-state index in [2.05, 4.69) is 33.6 Å². The summed E-state index contributed by atoms with van der Waals surface area (Å²) in [7, 11) is 0. The number of imide groups is 1. The first kappa shape index (κ1) is 27.7. The number of anilines is 1. The van der Waals surface area contributed by atoms with Crippen LogP contribution in [-0.4, -0.2) is 59.6 Å². The van der Waals surface area contributed by atoms with Gasteiger partial charge in [0, 0.05) is 37.4 Å². The summed E-state index contributed by atoms with van der Waals surface area (Å²) >= 11 is 2.99. The van der Waals surface area contributed by atoms with Crippen molar-refractivity contribution >= 4 is 63.2 Å². The summed E-state index contributed by atoms with van der Waals surface area (Å²) in [6.45, 7) is 2.46. The number of para-hydroxylation sites is 1. The summed E-state index contributed by atoms with van der Waals surface area (Å²) in [5.74, 6) is -0.0449. The van der Waals surface area contributed by atoms with Crippen molar-refractivity contribution in [2.75, 3.05) is 37.6 Å². The number of nitrogens with zero attached hydrogens (tertiary/aromatic N) is 4. The fourth-order valence-corrected chi connectivity index (χ4v) is 6.04. The second-order valence-electron chi connectivity index (χ2n) is 9.22. The van der Waals surface area contributed by atoms with Crippen LogP contribution >= 0.6 is 34.4 Å². The van der Waals surface area contributed by atoms with E-state index in [0.717, 1.165) is 37.0 Å². The number of hydrogen-bond donors (Lipinski definition) is 0. The number of ether oxygens (including phenoxy) is 1. The molecule has 10 heteroatoms. The van der Waals surface area contributed by atoms with Crippen LogP contribution in [0.3, 0.4) is 0 Å². The van der Waals surface area contributed by atoms with Gasteiger partial charge in [0.2, 0.25) is 5.91 Å². The molecule has 202 valence electrons. The third-order valence-corrected chi connectivity index (χ3v) is 8.45. The molecule has 0 atom stereocenters. The SMILES string of the molecule is N#Cc1ccccc1COc1ccc(/C=C2/SC(=O)N(CC(=O)N3CCN(c4ccccc4)CC3)C2=O)cc1I. The maximum absolute atomic E-state index is 13.0. The number of hydrogen-bond acceptors (Lipinski definition) is 7. The molecule has 8 nitrogen and oxygen atoms in total. The first-order valence-electron chi connectivity index (χ1n) is 12.7. The minimum absolute atomic E-state index is 0.231. The molecule has 5 rings (SSSR count). The molecule has 0 spiro atoms. The van der Waals surface area contributed by atoms with E-state index in [-0.39, 0.29) is 24.0 Å². The maximum atomic E-state index is 13.0. The van der Waals surface area contributed by atoms with Crippen molar-refractivity contribution in [3.05, 3.63) is 98.0 Å².